The third kappa shape index (κ3) is 3.69. The summed E-state index contributed by atoms with van der Waals surface area (Å²) in [6.45, 7) is 1.44. The summed E-state index contributed by atoms with van der Waals surface area (Å²) in [4.78, 5) is 13.2. The highest BCUT2D eigenvalue weighted by molar-refractivity contribution is 5.94. The van der Waals surface area contributed by atoms with E-state index in [2.05, 4.69) is 0 Å². The Labute approximate surface area is 172 Å². The van der Waals surface area contributed by atoms with Gasteiger partial charge in [-0.3, -0.25) is 4.79 Å². The van der Waals surface area contributed by atoms with Crippen molar-refractivity contribution in [2.24, 2.45) is 0 Å². The van der Waals surface area contributed by atoms with Gasteiger partial charge in [-0.05, 0) is 29.8 Å². The minimum Gasteiger partial charge on any atom is -0.497 e. The maximum Gasteiger partial charge on any atom is 0.204 e. The molecule has 5 rings (SSSR count). The van der Waals surface area contributed by atoms with Gasteiger partial charge in [0.1, 0.15) is 53.1 Å². The lowest BCUT2D eigenvalue weighted by atomic mass is 10.1. The van der Waals surface area contributed by atoms with Crippen LogP contribution in [0.4, 0.5) is 0 Å². The predicted octanol–water partition coefficient (Wildman–Crippen LogP) is 4.31. The molecule has 1 unspecified atom stereocenters. The van der Waals surface area contributed by atoms with Crippen molar-refractivity contribution in [2.75, 3.05) is 20.3 Å². The number of rotatable bonds is 7. The Kier molecular flexibility index (Phi) is 4.77. The van der Waals surface area contributed by atoms with Crippen molar-refractivity contribution in [2.45, 2.75) is 12.7 Å². The van der Waals surface area contributed by atoms with Crippen LogP contribution in [0.5, 0.6) is 17.2 Å². The fraction of sp³-hybridized carbons (Fsp3) is 0.208. The van der Waals surface area contributed by atoms with Gasteiger partial charge in [-0.2, -0.15) is 0 Å². The van der Waals surface area contributed by atoms with Crippen molar-refractivity contribution >= 4 is 21.9 Å². The standard InChI is InChI=1S/C24H20O6/c1-26-16-8-6-15(7-9-16)12-29-21-10-17(27-13-18-14-28-18)11-22-23(21)24(25)19-4-2-3-5-20(19)30-22/h2-11,18H,12-14H2,1H3. The van der Waals surface area contributed by atoms with Crippen LogP contribution < -0.4 is 19.6 Å². The van der Waals surface area contributed by atoms with Gasteiger partial charge in [-0.15, -0.1) is 0 Å². The lowest BCUT2D eigenvalue weighted by Gasteiger charge is -2.13. The molecular formula is C24H20O6. The zero-order chi connectivity index (χ0) is 20.5. The summed E-state index contributed by atoms with van der Waals surface area (Å²) in [6.07, 6.45) is 0.118. The third-order valence-corrected chi connectivity index (χ3v) is 5.01. The van der Waals surface area contributed by atoms with E-state index in [-0.39, 0.29) is 11.5 Å². The first-order valence-electron chi connectivity index (χ1n) is 9.71. The van der Waals surface area contributed by atoms with Gasteiger partial charge in [0, 0.05) is 12.1 Å². The Hall–Kier alpha value is -3.51. The summed E-state index contributed by atoms with van der Waals surface area (Å²) in [5, 5.41) is 0.913. The van der Waals surface area contributed by atoms with Crippen LogP contribution in [-0.4, -0.2) is 26.4 Å². The van der Waals surface area contributed by atoms with E-state index in [9.17, 15) is 4.79 Å². The van der Waals surface area contributed by atoms with Crippen LogP contribution in [0.1, 0.15) is 5.56 Å². The minimum absolute atomic E-state index is 0.118. The molecule has 0 N–H and O–H groups in total. The molecule has 3 aromatic carbocycles. The van der Waals surface area contributed by atoms with Crippen molar-refractivity contribution in [3.05, 3.63) is 76.5 Å². The van der Waals surface area contributed by atoms with Crippen LogP contribution in [0.2, 0.25) is 0 Å². The van der Waals surface area contributed by atoms with Gasteiger partial charge in [0.2, 0.25) is 5.43 Å². The Morgan fingerprint density at radius 3 is 2.53 bits per heavy atom. The number of hydrogen-bond acceptors (Lipinski definition) is 6. The largest absolute Gasteiger partial charge is 0.497 e. The molecule has 2 heterocycles. The second kappa shape index (κ2) is 7.72. The summed E-state index contributed by atoms with van der Waals surface area (Å²) in [5.74, 6) is 1.77. The first-order chi connectivity index (χ1) is 14.7. The number of hydrogen-bond donors (Lipinski definition) is 0. The second-order valence-corrected chi connectivity index (χ2v) is 7.12. The van der Waals surface area contributed by atoms with E-state index in [1.54, 1.807) is 31.4 Å². The van der Waals surface area contributed by atoms with Gasteiger partial charge in [-0.1, -0.05) is 24.3 Å². The maximum atomic E-state index is 13.2. The minimum atomic E-state index is -0.131. The first kappa shape index (κ1) is 18.5. The van der Waals surface area contributed by atoms with E-state index >= 15 is 0 Å². The molecule has 1 fully saturated rings. The Balaban J connectivity index is 1.55. The molecule has 1 aliphatic heterocycles. The lowest BCUT2D eigenvalue weighted by Crippen LogP contribution is -2.08. The Morgan fingerprint density at radius 1 is 0.967 bits per heavy atom. The van der Waals surface area contributed by atoms with Crippen molar-refractivity contribution in [3.63, 3.8) is 0 Å². The summed E-state index contributed by atoms with van der Waals surface area (Å²) in [5.41, 5.74) is 1.77. The average Bonchev–Trinajstić information content (AvgIpc) is 3.61. The quantitative estimate of drug-likeness (QED) is 0.338. The maximum absolute atomic E-state index is 13.2. The molecule has 1 aromatic heterocycles. The monoisotopic (exact) mass is 404 g/mol. The second-order valence-electron chi connectivity index (χ2n) is 7.12. The fourth-order valence-corrected chi connectivity index (χ4v) is 3.30. The van der Waals surface area contributed by atoms with Crippen molar-refractivity contribution in [1.29, 1.82) is 0 Å². The van der Waals surface area contributed by atoms with Gasteiger partial charge < -0.3 is 23.4 Å². The normalized spacial score (nSPS) is 15.3. The smallest absolute Gasteiger partial charge is 0.204 e. The number of methoxy groups -OCH3 is 1. The molecule has 0 bridgehead atoms. The molecule has 6 nitrogen and oxygen atoms in total. The van der Waals surface area contributed by atoms with Crippen LogP contribution in [0, 0.1) is 0 Å². The highest BCUT2D eigenvalue weighted by Crippen LogP contribution is 2.32. The van der Waals surface area contributed by atoms with Gasteiger partial charge in [-0.25, -0.2) is 0 Å². The van der Waals surface area contributed by atoms with Crippen LogP contribution in [0.25, 0.3) is 21.9 Å². The molecular weight excluding hydrogens is 384 g/mol. The number of fused-ring (bicyclic) bond motifs is 2. The van der Waals surface area contributed by atoms with Crippen molar-refractivity contribution in [3.8, 4) is 17.2 Å². The fourth-order valence-electron chi connectivity index (χ4n) is 3.30. The van der Waals surface area contributed by atoms with Gasteiger partial charge >= 0.3 is 0 Å². The molecule has 0 radical (unpaired) electrons. The first-order valence-corrected chi connectivity index (χ1v) is 9.71. The predicted molar refractivity (Wildman–Crippen MR) is 113 cm³/mol. The molecule has 30 heavy (non-hydrogen) atoms. The Bertz CT molecular complexity index is 1250. The molecule has 4 aromatic rings. The van der Waals surface area contributed by atoms with E-state index in [0.717, 1.165) is 11.3 Å². The molecule has 1 aliphatic rings. The summed E-state index contributed by atoms with van der Waals surface area (Å²) in [6, 6.07) is 18.2. The molecule has 0 saturated carbocycles. The van der Waals surface area contributed by atoms with Crippen LogP contribution in [0.3, 0.4) is 0 Å². The van der Waals surface area contributed by atoms with Crippen LogP contribution >= 0.6 is 0 Å². The number of benzene rings is 3. The number of epoxide rings is 1. The van der Waals surface area contributed by atoms with Gasteiger partial charge in [0.25, 0.3) is 0 Å². The molecule has 0 spiro atoms. The summed E-state index contributed by atoms with van der Waals surface area (Å²) < 4.78 is 28.3. The van der Waals surface area contributed by atoms with E-state index in [0.29, 0.717) is 53.3 Å². The molecule has 152 valence electrons. The topological polar surface area (TPSA) is 70.4 Å². The van der Waals surface area contributed by atoms with Gasteiger partial charge in [0.15, 0.2) is 0 Å². The molecule has 1 saturated heterocycles. The lowest BCUT2D eigenvalue weighted by molar-refractivity contribution is 0.260. The van der Waals surface area contributed by atoms with Gasteiger partial charge in [0.05, 0.1) is 19.1 Å². The van der Waals surface area contributed by atoms with E-state index in [4.69, 9.17) is 23.4 Å². The van der Waals surface area contributed by atoms with Crippen LogP contribution in [-0.2, 0) is 11.3 Å². The number of ether oxygens (including phenoxy) is 4. The molecule has 6 heteroatoms. The SMILES string of the molecule is COc1ccc(COc2cc(OCC3CO3)cc3oc4ccccc4c(=O)c23)cc1. The molecule has 0 amide bonds. The summed E-state index contributed by atoms with van der Waals surface area (Å²) in [7, 11) is 1.62. The van der Waals surface area contributed by atoms with E-state index in [1.165, 1.54) is 0 Å². The van der Waals surface area contributed by atoms with Crippen molar-refractivity contribution < 1.29 is 23.4 Å². The van der Waals surface area contributed by atoms with Crippen molar-refractivity contribution in [1.82, 2.24) is 0 Å². The molecule has 1 atom stereocenters. The van der Waals surface area contributed by atoms with E-state index < -0.39 is 0 Å². The van der Waals surface area contributed by atoms with Crippen LogP contribution in [0.15, 0.2) is 69.9 Å². The van der Waals surface area contributed by atoms with E-state index in [1.807, 2.05) is 36.4 Å². The number of para-hydroxylation sites is 1. The average molecular weight is 404 g/mol. The zero-order valence-electron chi connectivity index (χ0n) is 16.4. The highest BCUT2D eigenvalue weighted by Gasteiger charge is 2.24. The molecule has 0 aliphatic carbocycles. The Morgan fingerprint density at radius 2 is 1.77 bits per heavy atom. The highest BCUT2D eigenvalue weighted by atomic mass is 16.6. The summed E-state index contributed by atoms with van der Waals surface area (Å²) >= 11 is 0. The zero-order valence-corrected chi connectivity index (χ0v) is 16.4. The third-order valence-electron chi connectivity index (χ3n) is 5.01.